The first-order chi connectivity index (χ1) is 8.88. The SMILES string of the molecule is COC(=O)C1C(=O)CC2C(=O)N(C)C[C@H]1N2C(=O)O. The third-order valence-electron chi connectivity index (χ3n) is 3.62. The number of amides is 2. The summed E-state index contributed by atoms with van der Waals surface area (Å²) in [4.78, 5) is 49.0. The predicted octanol–water partition coefficient (Wildman–Crippen LogP) is -1.06. The number of methoxy groups -OCH3 is 1. The zero-order valence-corrected chi connectivity index (χ0v) is 10.5. The number of carboxylic acid groups (broad SMARTS) is 1. The fraction of sp³-hybridized carbons (Fsp3) is 0.636. The molecule has 0 saturated carbocycles. The molecule has 8 nitrogen and oxygen atoms in total. The molecule has 2 rings (SSSR count). The van der Waals surface area contributed by atoms with E-state index in [0.717, 1.165) is 12.0 Å². The molecule has 1 N–H and O–H groups in total. The molecule has 2 fully saturated rings. The van der Waals surface area contributed by atoms with Gasteiger partial charge < -0.3 is 14.7 Å². The zero-order chi connectivity index (χ0) is 14.3. The van der Waals surface area contributed by atoms with Gasteiger partial charge in [-0.25, -0.2) is 4.79 Å². The van der Waals surface area contributed by atoms with Gasteiger partial charge in [0.1, 0.15) is 12.0 Å². The Kier molecular flexibility index (Phi) is 3.17. The van der Waals surface area contributed by atoms with Crippen molar-refractivity contribution in [1.29, 1.82) is 0 Å². The van der Waals surface area contributed by atoms with Crippen molar-refractivity contribution in [3.63, 3.8) is 0 Å². The molecular weight excluding hydrogens is 256 g/mol. The number of piperidine rings is 1. The van der Waals surface area contributed by atoms with E-state index < -0.39 is 41.8 Å². The van der Waals surface area contributed by atoms with Crippen LogP contribution in [0.2, 0.25) is 0 Å². The summed E-state index contributed by atoms with van der Waals surface area (Å²) in [5, 5.41) is 9.20. The van der Waals surface area contributed by atoms with Gasteiger partial charge in [-0.05, 0) is 0 Å². The molecule has 3 atom stereocenters. The van der Waals surface area contributed by atoms with E-state index in [0.29, 0.717) is 0 Å². The molecule has 0 aliphatic carbocycles. The molecule has 2 aliphatic heterocycles. The van der Waals surface area contributed by atoms with E-state index in [1.807, 2.05) is 0 Å². The van der Waals surface area contributed by atoms with Crippen LogP contribution in [0.25, 0.3) is 0 Å². The lowest BCUT2D eigenvalue weighted by molar-refractivity contribution is -0.164. The number of Topliss-reactive ketones (excluding diaryl/α,β-unsaturated/α-hetero) is 1. The van der Waals surface area contributed by atoms with E-state index in [-0.39, 0.29) is 13.0 Å². The zero-order valence-electron chi connectivity index (χ0n) is 10.5. The topological polar surface area (TPSA) is 104 Å². The maximum Gasteiger partial charge on any atom is 0.408 e. The van der Waals surface area contributed by atoms with Crippen LogP contribution in [-0.4, -0.2) is 71.4 Å². The number of carbonyl (C=O) groups is 4. The molecule has 104 valence electrons. The van der Waals surface area contributed by atoms with Crippen LogP contribution in [-0.2, 0) is 19.1 Å². The Balaban J connectivity index is 2.42. The van der Waals surface area contributed by atoms with Gasteiger partial charge in [-0.2, -0.15) is 0 Å². The molecule has 2 heterocycles. The molecule has 0 aromatic carbocycles. The first-order valence-electron chi connectivity index (χ1n) is 5.75. The molecule has 0 aromatic heterocycles. The van der Waals surface area contributed by atoms with Crippen molar-refractivity contribution in [3.8, 4) is 0 Å². The monoisotopic (exact) mass is 270 g/mol. The Hall–Kier alpha value is -2.12. The Morgan fingerprint density at radius 3 is 2.53 bits per heavy atom. The Labute approximate surface area is 108 Å². The van der Waals surface area contributed by atoms with E-state index in [9.17, 15) is 24.3 Å². The van der Waals surface area contributed by atoms with Gasteiger partial charge in [0.15, 0.2) is 5.78 Å². The second-order valence-corrected chi connectivity index (χ2v) is 4.66. The lowest BCUT2D eigenvalue weighted by atomic mass is 9.81. The van der Waals surface area contributed by atoms with Gasteiger partial charge in [0.25, 0.3) is 0 Å². The van der Waals surface area contributed by atoms with E-state index in [1.54, 1.807) is 0 Å². The van der Waals surface area contributed by atoms with Crippen molar-refractivity contribution < 1.29 is 29.0 Å². The van der Waals surface area contributed by atoms with Gasteiger partial charge in [0, 0.05) is 20.0 Å². The standard InChI is InChI=1S/C11H14N2O6/c1-12-4-6-8(10(16)19-2)7(14)3-5(9(12)15)13(6)11(17)18/h5-6,8H,3-4H2,1-2H3,(H,17,18)/t5?,6-,8?/m1/s1. The summed E-state index contributed by atoms with van der Waals surface area (Å²) in [5.41, 5.74) is 0. The minimum atomic E-state index is -1.31. The number of esters is 1. The van der Waals surface area contributed by atoms with E-state index >= 15 is 0 Å². The van der Waals surface area contributed by atoms with Crippen molar-refractivity contribution in [2.45, 2.75) is 18.5 Å². The normalized spacial score (nSPS) is 30.3. The fourth-order valence-corrected chi connectivity index (χ4v) is 2.74. The van der Waals surface area contributed by atoms with Crippen LogP contribution >= 0.6 is 0 Å². The van der Waals surface area contributed by atoms with Gasteiger partial charge in [-0.3, -0.25) is 19.3 Å². The maximum absolute atomic E-state index is 11.9. The number of nitrogens with zero attached hydrogens (tertiary/aromatic N) is 2. The molecule has 2 amide bonds. The molecule has 2 unspecified atom stereocenters. The van der Waals surface area contributed by atoms with Gasteiger partial charge >= 0.3 is 12.1 Å². The number of fused-ring (bicyclic) bond motifs is 2. The first kappa shape index (κ1) is 13.3. The van der Waals surface area contributed by atoms with Crippen LogP contribution < -0.4 is 0 Å². The predicted molar refractivity (Wildman–Crippen MR) is 60.2 cm³/mol. The van der Waals surface area contributed by atoms with Crippen molar-refractivity contribution in [2.75, 3.05) is 20.7 Å². The summed E-state index contributed by atoms with van der Waals surface area (Å²) in [6.07, 6.45) is -1.59. The Bertz CT molecular complexity index is 462. The van der Waals surface area contributed by atoms with Crippen molar-refractivity contribution in [2.24, 2.45) is 5.92 Å². The number of piperazine rings is 1. The number of carbonyl (C=O) groups excluding carboxylic acids is 3. The summed E-state index contributed by atoms with van der Waals surface area (Å²) < 4.78 is 4.56. The number of likely N-dealkylation sites (N-methyl/N-ethyl adjacent to an activating group) is 1. The third-order valence-corrected chi connectivity index (χ3v) is 3.62. The molecule has 19 heavy (non-hydrogen) atoms. The second kappa shape index (κ2) is 4.52. The van der Waals surface area contributed by atoms with Gasteiger partial charge in [0.05, 0.1) is 13.2 Å². The lowest BCUT2D eigenvalue weighted by Gasteiger charge is -2.48. The number of ketones is 1. The van der Waals surface area contributed by atoms with Gasteiger partial charge in [0.2, 0.25) is 5.91 Å². The number of likely N-dealkylation sites (tertiary alicyclic amines) is 1. The largest absolute Gasteiger partial charge is 0.468 e. The molecule has 2 aliphatic rings. The minimum Gasteiger partial charge on any atom is -0.468 e. The summed E-state index contributed by atoms with van der Waals surface area (Å²) in [5.74, 6) is -2.79. The van der Waals surface area contributed by atoms with Crippen LogP contribution in [0.1, 0.15) is 6.42 Å². The summed E-state index contributed by atoms with van der Waals surface area (Å²) in [6.45, 7) is 0.00708. The Morgan fingerprint density at radius 2 is 2.00 bits per heavy atom. The summed E-state index contributed by atoms with van der Waals surface area (Å²) in [6, 6.07) is -1.91. The maximum atomic E-state index is 11.9. The smallest absolute Gasteiger partial charge is 0.408 e. The van der Waals surface area contributed by atoms with E-state index in [4.69, 9.17) is 0 Å². The van der Waals surface area contributed by atoms with Crippen molar-refractivity contribution in [3.05, 3.63) is 0 Å². The van der Waals surface area contributed by atoms with Crippen LogP contribution in [0.3, 0.4) is 0 Å². The molecule has 0 aromatic rings. The highest BCUT2D eigenvalue weighted by Gasteiger charge is 2.54. The van der Waals surface area contributed by atoms with Crippen LogP contribution in [0.4, 0.5) is 4.79 Å². The molecule has 2 bridgehead atoms. The lowest BCUT2D eigenvalue weighted by Crippen LogP contribution is -2.69. The average Bonchev–Trinajstić information content (AvgIpc) is 2.34. The fourth-order valence-electron chi connectivity index (χ4n) is 2.74. The van der Waals surface area contributed by atoms with Crippen molar-refractivity contribution >= 4 is 23.8 Å². The average molecular weight is 270 g/mol. The molecule has 0 spiro atoms. The highest BCUT2D eigenvalue weighted by Crippen LogP contribution is 2.31. The Morgan fingerprint density at radius 1 is 1.37 bits per heavy atom. The molecule has 8 heteroatoms. The number of rotatable bonds is 1. The molecule has 0 radical (unpaired) electrons. The highest BCUT2D eigenvalue weighted by atomic mass is 16.5. The number of ether oxygens (including phenoxy) is 1. The van der Waals surface area contributed by atoms with Crippen LogP contribution in [0, 0.1) is 5.92 Å². The molecule has 2 saturated heterocycles. The summed E-state index contributed by atoms with van der Waals surface area (Å²) in [7, 11) is 2.66. The van der Waals surface area contributed by atoms with E-state index in [2.05, 4.69) is 4.74 Å². The third kappa shape index (κ3) is 1.92. The van der Waals surface area contributed by atoms with Crippen molar-refractivity contribution in [1.82, 2.24) is 9.80 Å². The second-order valence-electron chi connectivity index (χ2n) is 4.66. The van der Waals surface area contributed by atoms with Crippen LogP contribution in [0.5, 0.6) is 0 Å². The number of hydrogen-bond donors (Lipinski definition) is 1. The minimum absolute atomic E-state index is 0.00708. The molecular formula is C11H14N2O6. The van der Waals surface area contributed by atoms with Crippen LogP contribution in [0.15, 0.2) is 0 Å². The first-order valence-corrected chi connectivity index (χ1v) is 5.75. The van der Waals surface area contributed by atoms with Gasteiger partial charge in [-0.15, -0.1) is 0 Å². The quantitative estimate of drug-likeness (QED) is 0.481. The highest BCUT2D eigenvalue weighted by molar-refractivity contribution is 6.05. The van der Waals surface area contributed by atoms with E-state index in [1.165, 1.54) is 11.9 Å². The number of hydrogen-bond acceptors (Lipinski definition) is 5. The van der Waals surface area contributed by atoms with Gasteiger partial charge in [-0.1, -0.05) is 0 Å². The summed E-state index contributed by atoms with van der Waals surface area (Å²) >= 11 is 0.